The van der Waals surface area contributed by atoms with Crippen molar-refractivity contribution in [2.24, 2.45) is 5.92 Å². The molecule has 1 aliphatic rings. The van der Waals surface area contributed by atoms with Crippen molar-refractivity contribution in [2.75, 3.05) is 48.7 Å². The molecule has 0 radical (unpaired) electrons. The zero-order valence-electron chi connectivity index (χ0n) is 17.1. The molecule has 2 aromatic rings. The van der Waals surface area contributed by atoms with Crippen LogP contribution in [0.3, 0.4) is 0 Å². The van der Waals surface area contributed by atoms with Crippen molar-refractivity contribution in [1.29, 1.82) is 0 Å². The van der Waals surface area contributed by atoms with Crippen molar-refractivity contribution in [2.45, 2.75) is 20.8 Å². The van der Waals surface area contributed by atoms with Crippen molar-refractivity contribution in [3.8, 4) is 0 Å². The number of rotatable bonds is 6. The van der Waals surface area contributed by atoms with Gasteiger partial charge in [0.15, 0.2) is 0 Å². The van der Waals surface area contributed by atoms with Gasteiger partial charge in [-0.2, -0.15) is 0 Å². The van der Waals surface area contributed by atoms with E-state index in [2.05, 4.69) is 36.3 Å². The van der Waals surface area contributed by atoms with E-state index in [0.29, 0.717) is 42.7 Å². The normalized spacial score (nSPS) is 14.2. The van der Waals surface area contributed by atoms with Gasteiger partial charge in [0.25, 0.3) is 0 Å². The summed E-state index contributed by atoms with van der Waals surface area (Å²) >= 11 is 4.64. The molecule has 3 N–H and O–H groups in total. The predicted molar refractivity (Wildman–Crippen MR) is 121 cm³/mol. The van der Waals surface area contributed by atoms with Gasteiger partial charge < -0.3 is 25.6 Å². The van der Waals surface area contributed by atoms with E-state index < -0.39 is 5.97 Å². The maximum Gasteiger partial charge on any atom is 0.369 e. The first-order valence-electron chi connectivity index (χ1n) is 9.70. The number of amides is 1. The summed E-state index contributed by atoms with van der Waals surface area (Å²) in [7, 11) is 0. The van der Waals surface area contributed by atoms with Crippen LogP contribution in [-0.4, -0.2) is 59.8 Å². The summed E-state index contributed by atoms with van der Waals surface area (Å²) in [5.74, 6) is -0.331. The van der Waals surface area contributed by atoms with Gasteiger partial charge in [0.2, 0.25) is 16.0 Å². The standard InChI is InChI=1S/C19H25BrN6O3S/c1-4-29-18(28)16-23-24-19(30-16)22-13-9-12(20)10-14(15(13)21)25-5-7-26(8-6-25)17(27)11(2)3/h9-11H,4-8,21H2,1-3H3,(H,22,24). The van der Waals surface area contributed by atoms with Crippen LogP contribution in [0.5, 0.6) is 0 Å². The van der Waals surface area contributed by atoms with Crippen molar-refractivity contribution in [1.82, 2.24) is 15.1 Å². The molecule has 0 saturated carbocycles. The molecule has 11 heteroatoms. The van der Waals surface area contributed by atoms with Crippen LogP contribution >= 0.6 is 27.3 Å². The van der Waals surface area contributed by atoms with Crippen LogP contribution in [0.4, 0.5) is 22.2 Å². The predicted octanol–water partition coefficient (Wildman–Crippen LogP) is 3.11. The number of hydrogen-bond donors (Lipinski definition) is 2. The number of aromatic nitrogens is 2. The average molecular weight is 497 g/mol. The van der Waals surface area contributed by atoms with Gasteiger partial charge in [-0.25, -0.2) is 4.79 Å². The third-order valence-electron chi connectivity index (χ3n) is 4.67. The minimum atomic E-state index is -0.500. The fourth-order valence-corrected chi connectivity index (χ4v) is 4.26. The van der Waals surface area contributed by atoms with Gasteiger partial charge in [-0.15, -0.1) is 10.2 Å². The molecule has 0 aliphatic carbocycles. The maximum absolute atomic E-state index is 12.2. The smallest absolute Gasteiger partial charge is 0.369 e. The number of carbonyl (C=O) groups is 2. The molecule has 3 rings (SSSR count). The topological polar surface area (TPSA) is 114 Å². The number of ether oxygens (including phenoxy) is 1. The molecule has 0 atom stereocenters. The lowest BCUT2D eigenvalue weighted by Gasteiger charge is -2.37. The van der Waals surface area contributed by atoms with E-state index >= 15 is 0 Å². The highest BCUT2D eigenvalue weighted by atomic mass is 79.9. The largest absolute Gasteiger partial charge is 0.461 e. The van der Waals surface area contributed by atoms with E-state index in [1.807, 2.05) is 30.9 Å². The molecule has 1 aliphatic heterocycles. The highest BCUT2D eigenvalue weighted by molar-refractivity contribution is 9.10. The van der Waals surface area contributed by atoms with E-state index in [1.165, 1.54) is 0 Å². The van der Waals surface area contributed by atoms with Crippen molar-refractivity contribution < 1.29 is 14.3 Å². The molecule has 1 amide bonds. The first-order chi connectivity index (χ1) is 14.3. The minimum absolute atomic E-state index is 0.00491. The van der Waals surface area contributed by atoms with Crippen molar-refractivity contribution >= 4 is 61.3 Å². The number of carbonyl (C=O) groups excluding carboxylic acids is 2. The molecule has 0 bridgehead atoms. The molecule has 0 spiro atoms. The zero-order chi connectivity index (χ0) is 21.8. The first-order valence-corrected chi connectivity index (χ1v) is 11.3. The summed E-state index contributed by atoms with van der Waals surface area (Å²) in [5, 5.41) is 11.6. The summed E-state index contributed by atoms with van der Waals surface area (Å²) in [4.78, 5) is 28.1. The van der Waals surface area contributed by atoms with Crippen LogP contribution in [0.2, 0.25) is 0 Å². The monoisotopic (exact) mass is 496 g/mol. The Hall–Kier alpha value is -2.40. The summed E-state index contributed by atoms with van der Waals surface area (Å²) in [6.07, 6.45) is 0. The third-order valence-corrected chi connectivity index (χ3v) is 5.94. The van der Waals surface area contributed by atoms with Crippen molar-refractivity contribution in [3.05, 3.63) is 21.6 Å². The average Bonchev–Trinajstić information content (AvgIpc) is 3.19. The van der Waals surface area contributed by atoms with Gasteiger partial charge in [0.1, 0.15) is 0 Å². The Balaban J connectivity index is 1.75. The van der Waals surface area contributed by atoms with Gasteiger partial charge in [-0.1, -0.05) is 41.1 Å². The number of nitrogens with one attached hydrogen (secondary N) is 1. The molecule has 30 heavy (non-hydrogen) atoms. The van der Waals surface area contributed by atoms with Crippen LogP contribution in [0, 0.1) is 5.92 Å². The third kappa shape index (κ3) is 5.01. The molecule has 1 fully saturated rings. The minimum Gasteiger partial charge on any atom is -0.461 e. The van der Waals surface area contributed by atoms with Gasteiger partial charge in [0, 0.05) is 36.6 Å². The Kier molecular flexibility index (Phi) is 7.14. The Bertz CT molecular complexity index is 927. The van der Waals surface area contributed by atoms with Crippen LogP contribution in [-0.2, 0) is 9.53 Å². The van der Waals surface area contributed by atoms with E-state index in [-0.39, 0.29) is 23.4 Å². The van der Waals surface area contributed by atoms with Crippen LogP contribution < -0.4 is 16.0 Å². The number of hydrogen-bond acceptors (Lipinski definition) is 9. The van der Waals surface area contributed by atoms with Gasteiger partial charge >= 0.3 is 5.97 Å². The summed E-state index contributed by atoms with van der Waals surface area (Å²) in [6.45, 7) is 8.56. The first kappa shape index (κ1) is 22.3. The number of benzene rings is 1. The maximum atomic E-state index is 12.2. The van der Waals surface area contributed by atoms with Crippen LogP contribution in [0.15, 0.2) is 16.6 Å². The Labute approximate surface area is 187 Å². The number of esters is 1. The number of nitrogens with zero attached hydrogens (tertiary/aromatic N) is 4. The number of anilines is 4. The molecule has 0 unspecified atom stereocenters. The van der Waals surface area contributed by atoms with Gasteiger partial charge in [-0.05, 0) is 19.1 Å². The van der Waals surface area contributed by atoms with E-state index in [0.717, 1.165) is 21.5 Å². The molecular formula is C19H25BrN6O3S. The number of halogens is 1. The number of piperazine rings is 1. The molecule has 162 valence electrons. The fraction of sp³-hybridized carbons (Fsp3) is 0.474. The zero-order valence-corrected chi connectivity index (χ0v) is 19.5. The second kappa shape index (κ2) is 9.61. The SMILES string of the molecule is CCOC(=O)c1nnc(Nc2cc(Br)cc(N3CCN(C(=O)C(C)C)CC3)c2N)s1. The second-order valence-electron chi connectivity index (χ2n) is 7.11. The Morgan fingerprint density at radius 3 is 2.60 bits per heavy atom. The lowest BCUT2D eigenvalue weighted by Crippen LogP contribution is -2.50. The van der Waals surface area contributed by atoms with Crippen LogP contribution in [0.25, 0.3) is 0 Å². The highest BCUT2D eigenvalue weighted by Crippen LogP contribution is 2.37. The molecule has 1 aromatic heterocycles. The van der Waals surface area contributed by atoms with E-state index in [4.69, 9.17) is 10.5 Å². The van der Waals surface area contributed by atoms with Gasteiger partial charge in [0.05, 0.1) is 23.7 Å². The lowest BCUT2D eigenvalue weighted by molar-refractivity contribution is -0.134. The summed E-state index contributed by atoms with van der Waals surface area (Å²) < 4.78 is 5.80. The number of nitrogen functional groups attached to an aromatic ring is 1. The van der Waals surface area contributed by atoms with Gasteiger partial charge in [-0.3, -0.25) is 4.79 Å². The lowest BCUT2D eigenvalue weighted by atomic mass is 10.1. The van der Waals surface area contributed by atoms with Crippen molar-refractivity contribution in [3.63, 3.8) is 0 Å². The van der Waals surface area contributed by atoms with E-state index in [9.17, 15) is 9.59 Å². The molecular weight excluding hydrogens is 472 g/mol. The summed E-state index contributed by atoms with van der Waals surface area (Å²) in [5.41, 5.74) is 8.54. The molecule has 2 heterocycles. The highest BCUT2D eigenvalue weighted by Gasteiger charge is 2.25. The molecule has 1 aromatic carbocycles. The summed E-state index contributed by atoms with van der Waals surface area (Å²) in [6, 6.07) is 3.81. The van der Waals surface area contributed by atoms with E-state index in [1.54, 1.807) is 6.92 Å². The second-order valence-corrected chi connectivity index (χ2v) is 9.00. The Morgan fingerprint density at radius 1 is 1.27 bits per heavy atom. The quantitative estimate of drug-likeness (QED) is 0.463. The molecule has 9 nitrogen and oxygen atoms in total. The van der Waals surface area contributed by atoms with Crippen LogP contribution in [0.1, 0.15) is 30.6 Å². The fourth-order valence-electron chi connectivity index (χ4n) is 3.17. The molecule has 1 saturated heterocycles. The Morgan fingerprint density at radius 2 is 1.97 bits per heavy atom. The number of nitrogens with two attached hydrogens (primary N) is 1.